The maximum atomic E-state index is 12.1. The lowest BCUT2D eigenvalue weighted by Gasteiger charge is -2.19. The van der Waals surface area contributed by atoms with Gasteiger partial charge in [0.25, 0.3) is 5.56 Å². The molecule has 4 nitrogen and oxygen atoms in total. The highest BCUT2D eigenvalue weighted by Gasteiger charge is 2.16. The lowest BCUT2D eigenvalue weighted by Crippen LogP contribution is -2.37. The van der Waals surface area contributed by atoms with Gasteiger partial charge in [0.05, 0.1) is 5.25 Å². The minimum Gasteiger partial charge on any atom is -0.300 e. The van der Waals surface area contributed by atoms with Crippen LogP contribution < -0.4 is 11.2 Å². The first-order chi connectivity index (χ1) is 12.5. The normalized spacial score (nSPS) is 12.1. The van der Waals surface area contributed by atoms with E-state index in [9.17, 15) is 9.59 Å². The van der Waals surface area contributed by atoms with Gasteiger partial charge in [0.15, 0.2) is 0 Å². The van der Waals surface area contributed by atoms with Crippen molar-refractivity contribution in [1.82, 2.24) is 9.13 Å². The summed E-state index contributed by atoms with van der Waals surface area (Å²) in [7, 11) is 3.18. The topological polar surface area (TPSA) is 44.0 Å². The van der Waals surface area contributed by atoms with E-state index in [-0.39, 0.29) is 16.5 Å². The molecule has 0 aliphatic carbocycles. The largest absolute Gasteiger partial charge is 0.330 e. The fourth-order valence-electron chi connectivity index (χ4n) is 2.74. The van der Waals surface area contributed by atoms with E-state index < -0.39 is 0 Å². The van der Waals surface area contributed by atoms with E-state index >= 15 is 0 Å². The van der Waals surface area contributed by atoms with Gasteiger partial charge in [-0.15, -0.1) is 11.8 Å². The second kappa shape index (κ2) is 7.98. The van der Waals surface area contributed by atoms with Crippen LogP contribution in [-0.4, -0.2) is 9.13 Å². The van der Waals surface area contributed by atoms with Gasteiger partial charge in [-0.25, -0.2) is 4.79 Å². The summed E-state index contributed by atoms with van der Waals surface area (Å²) in [6.45, 7) is 0. The van der Waals surface area contributed by atoms with Crippen LogP contribution in [0.5, 0.6) is 0 Å². The van der Waals surface area contributed by atoms with Gasteiger partial charge in [-0.3, -0.25) is 13.9 Å². The average Bonchev–Trinajstić information content (AvgIpc) is 2.66. The van der Waals surface area contributed by atoms with Crippen LogP contribution in [0.2, 0.25) is 5.02 Å². The molecule has 1 heterocycles. The van der Waals surface area contributed by atoms with Crippen LogP contribution in [0.3, 0.4) is 0 Å². The SMILES string of the molecule is Cn1c(CS[C@H](c2ccccc2)c2ccc(Cl)cc2)cc(=O)n(C)c1=O. The molecular formula is C20H19ClN2O2S. The van der Waals surface area contributed by atoms with Crippen LogP contribution >= 0.6 is 23.4 Å². The predicted octanol–water partition coefficient (Wildman–Crippen LogP) is 3.76. The number of nitrogens with zero attached hydrogens (tertiary/aromatic N) is 2. The molecule has 0 N–H and O–H groups in total. The summed E-state index contributed by atoms with van der Waals surface area (Å²) in [5.41, 5.74) is 2.40. The third kappa shape index (κ3) is 3.94. The quantitative estimate of drug-likeness (QED) is 0.670. The Balaban J connectivity index is 1.94. The van der Waals surface area contributed by atoms with Crippen molar-refractivity contribution in [3.63, 3.8) is 0 Å². The molecule has 0 spiro atoms. The van der Waals surface area contributed by atoms with Crippen molar-refractivity contribution in [3.05, 3.63) is 103 Å². The molecule has 0 saturated heterocycles. The zero-order valence-electron chi connectivity index (χ0n) is 14.6. The van der Waals surface area contributed by atoms with Crippen LogP contribution in [0.15, 0.2) is 70.3 Å². The smallest absolute Gasteiger partial charge is 0.300 e. The number of benzene rings is 2. The molecule has 0 unspecified atom stereocenters. The minimum atomic E-state index is -0.309. The Bertz CT molecular complexity index is 1010. The summed E-state index contributed by atoms with van der Waals surface area (Å²) in [6, 6.07) is 19.5. The first kappa shape index (κ1) is 18.5. The van der Waals surface area contributed by atoms with E-state index in [4.69, 9.17) is 11.6 Å². The van der Waals surface area contributed by atoms with E-state index in [0.717, 1.165) is 15.7 Å². The maximum absolute atomic E-state index is 12.1. The lowest BCUT2D eigenvalue weighted by atomic mass is 10.0. The third-order valence-corrected chi connectivity index (χ3v) is 5.89. The number of halogens is 1. The van der Waals surface area contributed by atoms with E-state index in [2.05, 4.69) is 12.1 Å². The fraction of sp³-hybridized carbons (Fsp3) is 0.200. The van der Waals surface area contributed by atoms with Crippen molar-refractivity contribution >= 4 is 23.4 Å². The highest BCUT2D eigenvalue weighted by molar-refractivity contribution is 7.98. The Kier molecular flexibility index (Phi) is 5.69. The van der Waals surface area contributed by atoms with Gasteiger partial charge >= 0.3 is 5.69 Å². The van der Waals surface area contributed by atoms with Gasteiger partial charge < -0.3 is 0 Å². The van der Waals surface area contributed by atoms with Crippen molar-refractivity contribution in [3.8, 4) is 0 Å². The summed E-state index contributed by atoms with van der Waals surface area (Å²) >= 11 is 7.70. The standard InChI is InChI=1S/C20H19ClN2O2S/c1-22-17(12-18(24)23(2)20(22)25)13-26-19(14-6-4-3-5-7-14)15-8-10-16(21)11-9-15/h3-12,19H,13H2,1-2H3/t19-/m1/s1. The molecule has 2 aromatic carbocycles. The molecule has 0 fully saturated rings. The zero-order chi connectivity index (χ0) is 18.7. The van der Waals surface area contributed by atoms with E-state index in [1.165, 1.54) is 17.7 Å². The summed E-state index contributed by atoms with van der Waals surface area (Å²) in [5.74, 6) is 0.546. The molecule has 3 rings (SSSR count). The Morgan fingerprint density at radius 3 is 2.19 bits per heavy atom. The predicted molar refractivity (Wildman–Crippen MR) is 108 cm³/mol. The fourth-order valence-corrected chi connectivity index (χ4v) is 4.18. The van der Waals surface area contributed by atoms with Crippen molar-refractivity contribution in [1.29, 1.82) is 0 Å². The molecule has 1 aromatic heterocycles. The van der Waals surface area contributed by atoms with Crippen molar-refractivity contribution < 1.29 is 0 Å². The van der Waals surface area contributed by atoms with Crippen molar-refractivity contribution in [2.75, 3.05) is 0 Å². The summed E-state index contributed by atoms with van der Waals surface area (Å²) in [4.78, 5) is 24.1. The minimum absolute atomic E-state index is 0.0765. The van der Waals surface area contributed by atoms with Crippen LogP contribution in [-0.2, 0) is 19.8 Å². The second-order valence-corrected chi connectivity index (χ2v) is 7.56. The second-order valence-electron chi connectivity index (χ2n) is 6.03. The summed E-state index contributed by atoms with van der Waals surface area (Å²) in [6.07, 6.45) is 0. The van der Waals surface area contributed by atoms with Gasteiger partial charge in [0.1, 0.15) is 0 Å². The molecule has 0 radical (unpaired) electrons. The molecule has 0 aliphatic heterocycles. The molecule has 3 aromatic rings. The van der Waals surface area contributed by atoms with Crippen molar-refractivity contribution in [2.24, 2.45) is 14.1 Å². The molecule has 134 valence electrons. The van der Waals surface area contributed by atoms with E-state index in [0.29, 0.717) is 16.5 Å². The van der Waals surface area contributed by atoms with E-state index in [1.807, 2.05) is 42.5 Å². The number of thioether (sulfide) groups is 1. The van der Waals surface area contributed by atoms with Gasteiger partial charge in [-0.1, -0.05) is 54.1 Å². The first-order valence-electron chi connectivity index (χ1n) is 8.15. The number of hydrogen-bond donors (Lipinski definition) is 0. The molecule has 0 amide bonds. The van der Waals surface area contributed by atoms with Crippen LogP contribution in [0.4, 0.5) is 0 Å². The van der Waals surface area contributed by atoms with Crippen LogP contribution in [0.25, 0.3) is 0 Å². The number of aromatic nitrogens is 2. The van der Waals surface area contributed by atoms with Crippen LogP contribution in [0, 0.1) is 0 Å². The summed E-state index contributed by atoms with van der Waals surface area (Å²) < 4.78 is 2.64. The maximum Gasteiger partial charge on any atom is 0.330 e. The Hall–Kier alpha value is -2.24. The molecule has 6 heteroatoms. The van der Waals surface area contributed by atoms with E-state index in [1.54, 1.807) is 18.8 Å². The lowest BCUT2D eigenvalue weighted by molar-refractivity contribution is 0.665. The highest BCUT2D eigenvalue weighted by Crippen LogP contribution is 2.37. The van der Waals surface area contributed by atoms with Gasteiger partial charge in [0, 0.05) is 36.6 Å². The monoisotopic (exact) mass is 386 g/mol. The Labute approximate surface area is 161 Å². The van der Waals surface area contributed by atoms with Gasteiger partial charge in [-0.05, 0) is 23.3 Å². The Morgan fingerprint density at radius 2 is 1.54 bits per heavy atom. The molecule has 0 bridgehead atoms. The van der Waals surface area contributed by atoms with Crippen LogP contribution in [0.1, 0.15) is 22.1 Å². The molecule has 1 atom stereocenters. The Morgan fingerprint density at radius 1 is 0.923 bits per heavy atom. The molecule has 26 heavy (non-hydrogen) atoms. The molecule has 0 saturated carbocycles. The highest BCUT2D eigenvalue weighted by atomic mass is 35.5. The first-order valence-corrected chi connectivity index (χ1v) is 9.58. The summed E-state index contributed by atoms with van der Waals surface area (Å²) in [5, 5.41) is 0.771. The average molecular weight is 387 g/mol. The van der Waals surface area contributed by atoms with Gasteiger partial charge in [0.2, 0.25) is 0 Å². The van der Waals surface area contributed by atoms with Gasteiger partial charge in [-0.2, -0.15) is 0 Å². The number of hydrogen-bond acceptors (Lipinski definition) is 3. The number of rotatable bonds is 5. The molecular weight excluding hydrogens is 368 g/mol. The third-order valence-electron chi connectivity index (χ3n) is 4.30. The van der Waals surface area contributed by atoms with Crippen molar-refractivity contribution in [2.45, 2.75) is 11.0 Å². The zero-order valence-corrected chi connectivity index (χ0v) is 16.1. The molecule has 0 aliphatic rings.